The number of aromatic nitrogens is 2. The van der Waals surface area contributed by atoms with Gasteiger partial charge in [-0.15, -0.1) is 0 Å². The summed E-state index contributed by atoms with van der Waals surface area (Å²) in [5.74, 6) is -0.0194. The first-order valence-electron chi connectivity index (χ1n) is 11.4. The minimum Gasteiger partial charge on any atom is -0.445 e. The van der Waals surface area contributed by atoms with Gasteiger partial charge in [-0.3, -0.25) is 14.4 Å². The highest BCUT2D eigenvalue weighted by Gasteiger charge is 2.34. The molecule has 0 radical (unpaired) electrons. The molecule has 1 atom stereocenters. The first-order chi connectivity index (χ1) is 16.0. The van der Waals surface area contributed by atoms with Gasteiger partial charge in [-0.1, -0.05) is 23.2 Å². The molecule has 0 aliphatic carbocycles. The van der Waals surface area contributed by atoms with Crippen molar-refractivity contribution in [3.8, 4) is 0 Å². The second-order valence-corrected chi connectivity index (χ2v) is 9.81. The van der Waals surface area contributed by atoms with Gasteiger partial charge in [-0.25, -0.2) is 4.79 Å². The monoisotopic (exact) mass is 491 g/mol. The highest BCUT2D eigenvalue weighted by Crippen LogP contribution is 2.24. The Bertz CT molecular complexity index is 1040. The number of amides is 2. The molecule has 0 spiro atoms. The van der Waals surface area contributed by atoms with E-state index in [1.54, 1.807) is 23.1 Å². The summed E-state index contributed by atoms with van der Waals surface area (Å²) in [6.07, 6.45) is 2.69. The number of carbonyl (C=O) groups is 2. The molecule has 3 aliphatic rings. The van der Waals surface area contributed by atoms with E-state index in [0.29, 0.717) is 41.4 Å². The average molecular weight is 492 g/mol. The zero-order chi connectivity index (χ0) is 22.9. The molecule has 1 aromatic carbocycles. The molecule has 8 nitrogen and oxygen atoms in total. The molecule has 1 aromatic heterocycles. The largest absolute Gasteiger partial charge is 0.445 e. The lowest BCUT2D eigenvalue weighted by atomic mass is 10.1. The standard InChI is InChI=1S/C23H27Cl2N5O3/c24-17-9-16(10-18(25)11-17)15-33-23(32)29-5-2-6-30-20(14-29)12-21(26-30)22(31)28-8-7-27-4-1-3-19(27)13-28/h9-12,19H,1-8,13-15H2/t19-/m1/s1. The molecule has 5 rings (SSSR count). The van der Waals surface area contributed by atoms with Crippen molar-refractivity contribution in [3.05, 3.63) is 51.3 Å². The van der Waals surface area contributed by atoms with Gasteiger partial charge in [0.1, 0.15) is 6.61 Å². The van der Waals surface area contributed by atoms with E-state index in [1.807, 2.05) is 15.6 Å². The molecule has 2 fully saturated rings. The molecule has 10 heteroatoms. The Morgan fingerprint density at radius 2 is 1.79 bits per heavy atom. The van der Waals surface area contributed by atoms with E-state index in [4.69, 9.17) is 27.9 Å². The van der Waals surface area contributed by atoms with E-state index in [1.165, 1.54) is 6.42 Å². The van der Waals surface area contributed by atoms with Crippen molar-refractivity contribution in [2.24, 2.45) is 0 Å². The van der Waals surface area contributed by atoms with Crippen LogP contribution in [0.25, 0.3) is 0 Å². The van der Waals surface area contributed by atoms with Crippen molar-refractivity contribution in [1.29, 1.82) is 0 Å². The lowest BCUT2D eigenvalue weighted by Crippen LogP contribution is -2.52. The van der Waals surface area contributed by atoms with Gasteiger partial charge in [0.25, 0.3) is 5.91 Å². The minimum atomic E-state index is -0.411. The van der Waals surface area contributed by atoms with Gasteiger partial charge in [0.15, 0.2) is 5.69 Å². The number of nitrogens with zero attached hydrogens (tertiary/aromatic N) is 5. The van der Waals surface area contributed by atoms with Crippen molar-refractivity contribution in [2.45, 2.75) is 45.0 Å². The molecular weight excluding hydrogens is 465 g/mol. The van der Waals surface area contributed by atoms with Crippen LogP contribution in [0.15, 0.2) is 24.3 Å². The number of halogens is 2. The van der Waals surface area contributed by atoms with E-state index in [-0.39, 0.29) is 12.5 Å². The fourth-order valence-electron chi connectivity index (χ4n) is 4.99. The maximum atomic E-state index is 13.1. The molecule has 176 valence electrons. The summed E-state index contributed by atoms with van der Waals surface area (Å²) in [6.45, 7) is 5.25. The Balaban J connectivity index is 1.22. The predicted molar refractivity (Wildman–Crippen MR) is 124 cm³/mol. The Kier molecular flexibility index (Phi) is 6.49. The fourth-order valence-corrected chi connectivity index (χ4v) is 5.56. The van der Waals surface area contributed by atoms with Gasteiger partial charge in [0, 0.05) is 48.8 Å². The van der Waals surface area contributed by atoms with Gasteiger partial charge >= 0.3 is 6.09 Å². The normalized spacial score (nSPS) is 20.8. The number of hydrogen-bond acceptors (Lipinski definition) is 5. The highest BCUT2D eigenvalue weighted by molar-refractivity contribution is 6.34. The molecule has 2 amide bonds. The topological polar surface area (TPSA) is 70.9 Å². The van der Waals surface area contributed by atoms with Crippen LogP contribution in [0, 0.1) is 0 Å². The molecule has 4 heterocycles. The first kappa shape index (κ1) is 22.5. The first-order valence-corrected chi connectivity index (χ1v) is 12.2. The second kappa shape index (κ2) is 9.52. The average Bonchev–Trinajstić information content (AvgIpc) is 3.37. The Labute approximate surface area is 203 Å². The number of carbonyl (C=O) groups excluding carboxylic acids is 2. The number of aryl methyl sites for hydroxylation is 1. The van der Waals surface area contributed by atoms with Crippen LogP contribution in [0.3, 0.4) is 0 Å². The van der Waals surface area contributed by atoms with E-state index in [9.17, 15) is 9.59 Å². The van der Waals surface area contributed by atoms with Gasteiger partial charge in [0.05, 0.1) is 12.2 Å². The van der Waals surface area contributed by atoms with Crippen LogP contribution >= 0.6 is 23.2 Å². The highest BCUT2D eigenvalue weighted by atomic mass is 35.5. The summed E-state index contributed by atoms with van der Waals surface area (Å²) in [5, 5.41) is 5.58. The predicted octanol–water partition coefficient (Wildman–Crippen LogP) is 3.65. The van der Waals surface area contributed by atoms with Crippen molar-refractivity contribution in [3.63, 3.8) is 0 Å². The zero-order valence-electron chi connectivity index (χ0n) is 18.4. The van der Waals surface area contributed by atoms with E-state index in [0.717, 1.165) is 50.3 Å². The summed E-state index contributed by atoms with van der Waals surface area (Å²) >= 11 is 12.0. The van der Waals surface area contributed by atoms with Gasteiger partial charge in [0.2, 0.25) is 0 Å². The van der Waals surface area contributed by atoms with Crippen LogP contribution < -0.4 is 0 Å². The smallest absolute Gasteiger partial charge is 0.410 e. The summed E-state index contributed by atoms with van der Waals surface area (Å²) in [7, 11) is 0. The fraction of sp³-hybridized carbons (Fsp3) is 0.522. The lowest BCUT2D eigenvalue weighted by Gasteiger charge is -2.37. The minimum absolute atomic E-state index is 0.0194. The third-order valence-corrected chi connectivity index (χ3v) is 7.09. The number of piperazine rings is 1. The summed E-state index contributed by atoms with van der Waals surface area (Å²) in [4.78, 5) is 31.9. The maximum absolute atomic E-state index is 13.1. The number of benzene rings is 1. The van der Waals surface area contributed by atoms with Crippen LogP contribution in [0.1, 0.15) is 41.0 Å². The van der Waals surface area contributed by atoms with Gasteiger partial charge in [-0.05, 0) is 55.6 Å². The van der Waals surface area contributed by atoms with Crippen molar-refractivity contribution >= 4 is 35.2 Å². The van der Waals surface area contributed by atoms with Crippen LogP contribution in [-0.4, -0.2) is 75.2 Å². The summed E-state index contributed by atoms with van der Waals surface area (Å²) < 4.78 is 7.35. The number of ether oxygens (including phenoxy) is 1. The molecule has 2 aromatic rings. The Hall–Kier alpha value is -2.29. The number of hydrogen-bond donors (Lipinski definition) is 0. The van der Waals surface area contributed by atoms with Crippen molar-refractivity contribution < 1.29 is 14.3 Å². The van der Waals surface area contributed by atoms with Crippen LogP contribution in [0.2, 0.25) is 10.0 Å². The van der Waals surface area contributed by atoms with Crippen LogP contribution in [0.5, 0.6) is 0 Å². The third kappa shape index (κ3) is 4.98. The molecular formula is C23H27Cl2N5O3. The van der Waals surface area contributed by atoms with E-state index in [2.05, 4.69) is 10.00 Å². The lowest BCUT2D eigenvalue weighted by molar-refractivity contribution is 0.0565. The summed E-state index contributed by atoms with van der Waals surface area (Å²) in [6, 6.07) is 7.38. The van der Waals surface area contributed by atoms with E-state index >= 15 is 0 Å². The second-order valence-electron chi connectivity index (χ2n) is 8.93. The molecule has 3 aliphatic heterocycles. The quantitative estimate of drug-likeness (QED) is 0.655. The molecule has 33 heavy (non-hydrogen) atoms. The molecule has 0 N–H and O–H groups in total. The number of rotatable bonds is 3. The Morgan fingerprint density at radius 3 is 2.61 bits per heavy atom. The third-order valence-electron chi connectivity index (χ3n) is 6.65. The van der Waals surface area contributed by atoms with Crippen LogP contribution in [-0.2, 0) is 24.4 Å². The molecule has 0 saturated carbocycles. The molecule has 2 saturated heterocycles. The maximum Gasteiger partial charge on any atom is 0.410 e. The van der Waals surface area contributed by atoms with Gasteiger partial charge < -0.3 is 14.5 Å². The molecule has 0 unspecified atom stereocenters. The Morgan fingerprint density at radius 1 is 0.970 bits per heavy atom. The van der Waals surface area contributed by atoms with Gasteiger partial charge in [-0.2, -0.15) is 5.10 Å². The summed E-state index contributed by atoms with van der Waals surface area (Å²) in [5.41, 5.74) is 2.04. The SMILES string of the molecule is O=C(OCc1cc(Cl)cc(Cl)c1)N1CCCn2nc(C(=O)N3CCN4CCC[C@@H]4C3)cc2C1. The molecule has 0 bridgehead atoms. The number of fused-ring (bicyclic) bond motifs is 2. The van der Waals surface area contributed by atoms with Crippen LogP contribution in [0.4, 0.5) is 4.79 Å². The zero-order valence-corrected chi connectivity index (χ0v) is 19.9. The van der Waals surface area contributed by atoms with E-state index < -0.39 is 6.09 Å². The van der Waals surface area contributed by atoms with Crippen molar-refractivity contribution in [1.82, 2.24) is 24.5 Å². The van der Waals surface area contributed by atoms with Crippen molar-refractivity contribution in [2.75, 3.05) is 32.7 Å².